The van der Waals surface area contributed by atoms with Crippen molar-refractivity contribution in [2.45, 2.75) is 18.9 Å². The van der Waals surface area contributed by atoms with Crippen LogP contribution in [0.1, 0.15) is 23.6 Å². The van der Waals surface area contributed by atoms with Gasteiger partial charge in [0.25, 0.3) is 0 Å². The minimum absolute atomic E-state index is 0.512. The van der Waals surface area contributed by atoms with Gasteiger partial charge in [-0.1, -0.05) is 18.2 Å². The minimum atomic E-state index is 0.512. The van der Waals surface area contributed by atoms with E-state index in [9.17, 15) is 0 Å². The fraction of sp³-hybridized carbons (Fsp3) is 0.357. The quantitative estimate of drug-likeness (QED) is 0.853. The standard InChI is InChI=1S/C14H17N3/c1-15-13-7-6-10-11(13)4-3-5-12(10)14-8-9-16-17(14)2/h3-5,8-9,13,15H,6-7H2,1-2H3. The summed E-state index contributed by atoms with van der Waals surface area (Å²) in [4.78, 5) is 0. The minimum Gasteiger partial charge on any atom is -0.313 e. The number of rotatable bonds is 2. The van der Waals surface area contributed by atoms with Gasteiger partial charge in [0.05, 0.1) is 5.69 Å². The summed E-state index contributed by atoms with van der Waals surface area (Å²) < 4.78 is 1.95. The molecule has 0 radical (unpaired) electrons. The molecular weight excluding hydrogens is 210 g/mol. The van der Waals surface area contributed by atoms with Crippen LogP contribution in [0, 0.1) is 0 Å². The SMILES string of the molecule is CNC1CCc2c(-c3ccnn3C)cccc21. The monoisotopic (exact) mass is 227 g/mol. The van der Waals surface area contributed by atoms with E-state index in [1.807, 2.05) is 25.0 Å². The Bertz CT molecular complexity index is 542. The molecule has 0 amide bonds. The van der Waals surface area contributed by atoms with Gasteiger partial charge in [-0.05, 0) is 37.1 Å². The van der Waals surface area contributed by atoms with Crippen molar-refractivity contribution < 1.29 is 0 Å². The topological polar surface area (TPSA) is 29.9 Å². The molecule has 0 aliphatic heterocycles. The Morgan fingerprint density at radius 1 is 1.35 bits per heavy atom. The number of fused-ring (bicyclic) bond motifs is 1. The Labute approximate surface area is 101 Å². The Balaban J connectivity index is 2.15. The number of hydrogen-bond donors (Lipinski definition) is 1. The predicted molar refractivity (Wildman–Crippen MR) is 68.8 cm³/mol. The number of benzene rings is 1. The molecule has 1 aliphatic carbocycles. The third-order valence-electron chi connectivity index (χ3n) is 3.72. The third kappa shape index (κ3) is 1.58. The first kappa shape index (κ1) is 10.5. The van der Waals surface area contributed by atoms with E-state index in [2.05, 4.69) is 34.7 Å². The molecule has 1 aromatic heterocycles. The van der Waals surface area contributed by atoms with E-state index in [0.29, 0.717) is 6.04 Å². The lowest BCUT2D eigenvalue weighted by Gasteiger charge is -2.12. The average Bonchev–Trinajstić information content (AvgIpc) is 2.94. The van der Waals surface area contributed by atoms with E-state index in [-0.39, 0.29) is 0 Å². The summed E-state index contributed by atoms with van der Waals surface area (Å²) in [5, 5.41) is 7.64. The van der Waals surface area contributed by atoms with Crippen LogP contribution in [0.2, 0.25) is 0 Å². The molecule has 1 unspecified atom stereocenters. The summed E-state index contributed by atoms with van der Waals surface area (Å²) in [7, 11) is 4.04. The van der Waals surface area contributed by atoms with E-state index in [0.717, 1.165) is 6.42 Å². The summed E-state index contributed by atoms with van der Waals surface area (Å²) in [5.41, 5.74) is 5.47. The molecule has 3 heteroatoms. The molecule has 1 heterocycles. The van der Waals surface area contributed by atoms with Crippen molar-refractivity contribution in [2.75, 3.05) is 7.05 Å². The van der Waals surface area contributed by atoms with Gasteiger partial charge in [0.2, 0.25) is 0 Å². The van der Waals surface area contributed by atoms with Gasteiger partial charge in [-0.25, -0.2) is 0 Å². The lowest BCUT2D eigenvalue weighted by molar-refractivity contribution is 0.590. The largest absolute Gasteiger partial charge is 0.313 e. The Morgan fingerprint density at radius 3 is 2.94 bits per heavy atom. The Hall–Kier alpha value is -1.61. The maximum absolute atomic E-state index is 4.26. The van der Waals surface area contributed by atoms with E-state index < -0.39 is 0 Å². The van der Waals surface area contributed by atoms with Crippen molar-refractivity contribution in [3.63, 3.8) is 0 Å². The molecule has 3 rings (SSSR count). The fourth-order valence-corrected chi connectivity index (χ4v) is 2.83. The second-order valence-electron chi connectivity index (χ2n) is 4.59. The van der Waals surface area contributed by atoms with Crippen LogP contribution in [0.5, 0.6) is 0 Å². The van der Waals surface area contributed by atoms with Gasteiger partial charge in [0, 0.05) is 24.8 Å². The molecule has 2 aromatic rings. The second-order valence-corrected chi connectivity index (χ2v) is 4.59. The number of nitrogens with zero attached hydrogens (tertiary/aromatic N) is 2. The van der Waals surface area contributed by atoms with Crippen molar-refractivity contribution in [1.29, 1.82) is 0 Å². The van der Waals surface area contributed by atoms with Crippen molar-refractivity contribution in [1.82, 2.24) is 15.1 Å². The highest BCUT2D eigenvalue weighted by atomic mass is 15.3. The van der Waals surface area contributed by atoms with Gasteiger partial charge >= 0.3 is 0 Å². The van der Waals surface area contributed by atoms with Crippen molar-refractivity contribution in [3.8, 4) is 11.3 Å². The molecule has 1 N–H and O–H groups in total. The lowest BCUT2D eigenvalue weighted by atomic mass is 10.00. The van der Waals surface area contributed by atoms with Gasteiger partial charge in [-0.2, -0.15) is 5.10 Å². The second kappa shape index (κ2) is 4.00. The average molecular weight is 227 g/mol. The van der Waals surface area contributed by atoms with E-state index in [1.165, 1.54) is 28.8 Å². The smallest absolute Gasteiger partial charge is 0.0681 e. The van der Waals surface area contributed by atoms with E-state index in [1.54, 1.807) is 0 Å². The number of hydrogen-bond acceptors (Lipinski definition) is 2. The molecule has 17 heavy (non-hydrogen) atoms. The molecule has 88 valence electrons. The zero-order valence-corrected chi connectivity index (χ0v) is 10.3. The van der Waals surface area contributed by atoms with Crippen LogP contribution in [-0.4, -0.2) is 16.8 Å². The molecule has 3 nitrogen and oxygen atoms in total. The normalized spacial score (nSPS) is 18.4. The molecular formula is C14H17N3. The number of nitrogens with one attached hydrogen (secondary N) is 1. The van der Waals surface area contributed by atoms with Gasteiger partial charge in [0.15, 0.2) is 0 Å². The van der Waals surface area contributed by atoms with Crippen LogP contribution in [0.15, 0.2) is 30.5 Å². The number of aryl methyl sites for hydroxylation is 1. The van der Waals surface area contributed by atoms with Crippen LogP contribution in [0.3, 0.4) is 0 Å². The first-order valence-corrected chi connectivity index (χ1v) is 6.08. The first-order chi connectivity index (χ1) is 8.31. The maximum atomic E-state index is 4.26. The van der Waals surface area contributed by atoms with Gasteiger partial charge in [-0.15, -0.1) is 0 Å². The van der Waals surface area contributed by atoms with Gasteiger partial charge < -0.3 is 5.32 Å². The fourth-order valence-electron chi connectivity index (χ4n) is 2.83. The summed E-state index contributed by atoms with van der Waals surface area (Å²) >= 11 is 0. The summed E-state index contributed by atoms with van der Waals surface area (Å²) in [6.45, 7) is 0. The highest BCUT2D eigenvalue weighted by molar-refractivity contribution is 5.67. The van der Waals surface area contributed by atoms with E-state index in [4.69, 9.17) is 0 Å². The van der Waals surface area contributed by atoms with E-state index >= 15 is 0 Å². The van der Waals surface area contributed by atoms with Crippen molar-refractivity contribution in [3.05, 3.63) is 41.6 Å². The predicted octanol–water partition coefficient (Wildman–Crippen LogP) is 2.29. The summed E-state index contributed by atoms with van der Waals surface area (Å²) in [5.74, 6) is 0. The van der Waals surface area contributed by atoms with Crippen molar-refractivity contribution in [2.24, 2.45) is 7.05 Å². The molecule has 0 fully saturated rings. The molecule has 1 aromatic carbocycles. The van der Waals surface area contributed by atoms with Crippen LogP contribution >= 0.6 is 0 Å². The van der Waals surface area contributed by atoms with Gasteiger partial charge in [0.1, 0.15) is 0 Å². The summed E-state index contributed by atoms with van der Waals surface area (Å²) in [6, 6.07) is 9.19. The van der Waals surface area contributed by atoms with Crippen LogP contribution in [0.25, 0.3) is 11.3 Å². The molecule has 0 saturated carbocycles. The summed E-state index contributed by atoms with van der Waals surface area (Å²) in [6.07, 6.45) is 4.21. The van der Waals surface area contributed by atoms with Crippen molar-refractivity contribution >= 4 is 0 Å². The zero-order valence-electron chi connectivity index (χ0n) is 10.3. The highest BCUT2D eigenvalue weighted by Gasteiger charge is 2.24. The van der Waals surface area contributed by atoms with Crippen LogP contribution in [0.4, 0.5) is 0 Å². The molecule has 1 aliphatic rings. The van der Waals surface area contributed by atoms with Crippen LogP contribution < -0.4 is 5.32 Å². The first-order valence-electron chi connectivity index (χ1n) is 6.08. The maximum Gasteiger partial charge on any atom is 0.0681 e. The van der Waals surface area contributed by atoms with Crippen LogP contribution in [-0.2, 0) is 13.5 Å². The third-order valence-corrected chi connectivity index (χ3v) is 3.72. The Kier molecular flexibility index (Phi) is 2.48. The molecule has 0 spiro atoms. The lowest BCUT2D eigenvalue weighted by Crippen LogP contribution is -2.12. The Morgan fingerprint density at radius 2 is 2.24 bits per heavy atom. The van der Waals surface area contributed by atoms with Gasteiger partial charge in [-0.3, -0.25) is 4.68 Å². The molecule has 1 atom stereocenters. The highest BCUT2D eigenvalue weighted by Crippen LogP contribution is 2.37. The zero-order chi connectivity index (χ0) is 11.8. The number of aromatic nitrogens is 2. The molecule has 0 bridgehead atoms. The molecule has 0 saturated heterocycles.